The SMILES string of the molecule is CC(C)C1=C2[C@@H]3C=CC(O)(CO)C[C@@H](O[Si](C)(C)C(C)(C)C)[C@]3(C)CC[C@@]2(C)CC1. The summed E-state index contributed by atoms with van der Waals surface area (Å²) in [6.07, 6.45) is 9.28. The minimum Gasteiger partial charge on any atom is -0.413 e. The zero-order chi connectivity index (χ0) is 22.8. The van der Waals surface area contributed by atoms with Crippen LogP contribution in [0.25, 0.3) is 0 Å². The van der Waals surface area contributed by atoms with E-state index in [0.717, 1.165) is 6.42 Å². The first-order valence-electron chi connectivity index (χ1n) is 12.0. The summed E-state index contributed by atoms with van der Waals surface area (Å²) in [5, 5.41) is 21.4. The zero-order valence-corrected chi connectivity index (χ0v) is 21.9. The van der Waals surface area contributed by atoms with Gasteiger partial charge >= 0.3 is 0 Å². The molecule has 0 radical (unpaired) electrons. The Hall–Kier alpha value is -0.423. The molecule has 5 atom stereocenters. The van der Waals surface area contributed by atoms with E-state index in [1.54, 1.807) is 11.1 Å². The lowest BCUT2D eigenvalue weighted by molar-refractivity contribution is -0.0622. The van der Waals surface area contributed by atoms with Crippen LogP contribution >= 0.6 is 0 Å². The van der Waals surface area contributed by atoms with Crippen molar-refractivity contribution >= 4 is 8.32 Å². The molecule has 0 heterocycles. The van der Waals surface area contributed by atoms with Crippen molar-refractivity contribution in [3.8, 4) is 0 Å². The number of hydrogen-bond acceptors (Lipinski definition) is 3. The van der Waals surface area contributed by atoms with E-state index >= 15 is 0 Å². The van der Waals surface area contributed by atoms with Gasteiger partial charge in [-0.3, -0.25) is 0 Å². The summed E-state index contributed by atoms with van der Waals surface area (Å²) in [5.74, 6) is 0.823. The fraction of sp³-hybridized carbons (Fsp3) is 0.846. The average Bonchev–Trinajstić information content (AvgIpc) is 2.92. The minimum atomic E-state index is -2.04. The summed E-state index contributed by atoms with van der Waals surface area (Å²) < 4.78 is 7.08. The molecule has 3 aliphatic rings. The van der Waals surface area contributed by atoms with Crippen LogP contribution < -0.4 is 0 Å². The number of fused-ring (bicyclic) bond motifs is 3. The average molecular weight is 435 g/mol. The number of allylic oxidation sites excluding steroid dienone is 3. The van der Waals surface area contributed by atoms with E-state index < -0.39 is 13.9 Å². The first-order chi connectivity index (χ1) is 13.6. The van der Waals surface area contributed by atoms with Crippen LogP contribution in [-0.2, 0) is 4.43 Å². The Bertz CT molecular complexity index is 731. The topological polar surface area (TPSA) is 49.7 Å². The molecule has 0 aromatic carbocycles. The van der Waals surface area contributed by atoms with E-state index in [1.807, 2.05) is 6.08 Å². The molecule has 4 heteroatoms. The van der Waals surface area contributed by atoms with Crippen molar-refractivity contribution in [2.24, 2.45) is 22.7 Å². The van der Waals surface area contributed by atoms with E-state index in [0.29, 0.717) is 12.3 Å². The van der Waals surface area contributed by atoms with Crippen LogP contribution in [0.4, 0.5) is 0 Å². The number of aliphatic hydroxyl groups is 2. The maximum Gasteiger partial charge on any atom is 0.192 e. The molecule has 3 aliphatic carbocycles. The van der Waals surface area contributed by atoms with Gasteiger partial charge in [-0.15, -0.1) is 0 Å². The van der Waals surface area contributed by atoms with Crippen LogP contribution in [0.1, 0.15) is 80.6 Å². The van der Waals surface area contributed by atoms with Crippen LogP contribution in [0.3, 0.4) is 0 Å². The molecule has 0 saturated heterocycles. The van der Waals surface area contributed by atoms with Gasteiger partial charge in [0.1, 0.15) is 5.60 Å². The molecule has 0 aromatic rings. The van der Waals surface area contributed by atoms with Crippen molar-refractivity contribution in [1.82, 2.24) is 0 Å². The second-order valence-corrected chi connectivity index (χ2v) is 17.6. The highest BCUT2D eigenvalue weighted by Crippen LogP contribution is 2.63. The predicted octanol–water partition coefficient (Wildman–Crippen LogP) is 6.23. The Labute approximate surface area is 186 Å². The molecule has 1 saturated carbocycles. The van der Waals surface area contributed by atoms with Gasteiger partial charge in [-0.25, -0.2) is 0 Å². The third-order valence-electron chi connectivity index (χ3n) is 9.27. The van der Waals surface area contributed by atoms with Gasteiger partial charge in [-0.2, -0.15) is 0 Å². The van der Waals surface area contributed by atoms with Gasteiger partial charge in [0, 0.05) is 17.8 Å². The molecule has 3 rings (SSSR count). The fourth-order valence-electron chi connectivity index (χ4n) is 5.93. The van der Waals surface area contributed by atoms with E-state index in [2.05, 4.69) is 67.6 Å². The van der Waals surface area contributed by atoms with Crippen LogP contribution in [0.15, 0.2) is 23.3 Å². The Morgan fingerprint density at radius 1 is 1.17 bits per heavy atom. The summed E-state index contributed by atoms with van der Waals surface area (Å²) >= 11 is 0. The maximum absolute atomic E-state index is 11.3. The Morgan fingerprint density at radius 2 is 1.80 bits per heavy atom. The number of rotatable bonds is 4. The van der Waals surface area contributed by atoms with Crippen molar-refractivity contribution in [2.45, 2.75) is 110 Å². The van der Waals surface area contributed by atoms with Gasteiger partial charge in [-0.1, -0.05) is 71.8 Å². The summed E-state index contributed by atoms with van der Waals surface area (Å²) in [7, 11) is -2.04. The van der Waals surface area contributed by atoms with Gasteiger partial charge in [0.2, 0.25) is 0 Å². The fourth-order valence-corrected chi connectivity index (χ4v) is 7.35. The normalized spacial score (nSPS) is 39.9. The predicted molar refractivity (Wildman–Crippen MR) is 128 cm³/mol. The molecule has 3 nitrogen and oxygen atoms in total. The van der Waals surface area contributed by atoms with E-state index in [4.69, 9.17) is 4.43 Å². The van der Waals surface area contributed by atoms with Crippen LogP contribution in [0, 0.1) is 22.7 Å². The van der Waals surface area contributed by atoms with Gasteiger partial charge < -0.3 is 14.6 Å². The van der Waals surface area contributed by atoms with Crippen molar-refractivity contribution < 1.29 is 14.6 Å². The van der Waals surface area contributed by atoms with Crippen molar-refractivity contribution in [2.75, 3.05) is 6.61 Å². The van der Waals surface area contributed by atoms with Gasteiger partial charge in [0.15, 0.2) is 8.32 Å². The zero-order valence-electron chi connectivity index (χ0n) is 20.9. The third-order valence-corrected chi connectivity index (χ3v) is 13.8. The Morgan fingerprint density at radius 3 is 2.33 bits per heavy atom. The molecule has 0 spiro atoms. The van der Waals surface area contributed by atoms with E-state index in [-0.39, 0.29) is 34.5 Å². The van der Waals surface area contributed by atoms with Crippen molar-refractivity contribution in [3.63, 3.8) is 0 Å². The molecule has 2 N–H and O–H groups in total. The first kappa shape index (κ1) is 24.2. The Kier molecular flexibility index (Phi) is 6.11. The lowest BCUT2D eigenvalue weighted by atomic mass is 9.55. The highest BCUT2D eigenvalue weighted by molar-refractivity contribution is 6.74. The van der Waals surface area contributed by atoms with Gasteiger partial charge in [-0.05, 0) is 55.1 Å². The Balaban J connectivity index is 2.14. The smallest absolute Gasteiger partial charge is 0.192 e. The summed E-state index contributed by atoms with van der Waals surface area (Å²) in [4.78, 5) is 0. The molecule has 0 bridgehead atoms. The van der Waals surface area contributed by atoms with Crippen molar-refractivity contribution in [3.05, 3.63) is 23.3 Å². The van der Waals surface area contributed by atoms with Crippen LogP contribution in [-0.4, -0.2) is 36.8 Å². The van der Waals surface area contributed by atoms with Gasteiger partial charge in [0.05, 0.1) is 12.7 Å². The quantitative estimate of drug-likeness (QED) is 0.407. The molecular weight excluding hydrogens is 388 g/mol. The third kappa shape index (κ3) is 3.91. The molecular formula is C26H46O3Si. The van der Waals surface area contributed by atoms with Crippen molar-refractivity contribution in [1.29, 1.82) is 0 Å². The van der Waals surface area contributed by atoms with Crippen LogP contribution in [0.2, 0.25) is 18.1 Å². The molecule has 0 aliphatic heterocycles. The standard InChI is InChI=1S/C26H46O3Si/c1-18(2)19-10-12-24(6)14-15-25(7)20(22(19)24)11-13-26(28,17-27)16-21(25)29-30(8,9)23(3,4)5/h11,13,18,20-21,27-28H,10,12,14-17H2,1-9H3/t20-,21+,24+,25+,26?/m0/s1. The highest BCUT2D eigenvalue weighted by Gasteiger charge is 2.57. The van der Waals surface area contributed by atoms with E-state index in [9.17, 15) is 10.2 Å². The molecule has 30 heavy (non-hydrogen) atoms. The monoisotopic (exact) mass is 434 g/mol. The highest BCUT2D eigenvalue weighted by atomic mass is 28.4. The largest absolute Gasteiger partial charge is 0.413 e. The summed E-state index contributed by atoms with van der Waals surface area (Å²) in [6, 6.07) is 0. The lowest BCUT2D eigenvalue weighted by Crippen LogP contribution is -2.54. The van der Waals surface area contributed by atoms with Gasteiger partial charge in [0.25, 0.3) is 0 Å². The number of hydrogen-bond donors (Lipinski definition) is 2. The number of aliphatic hydroxyl groups excluding tert-OH is 1. The first-order valence-corrected chi connectivity index (χ1v) is 14.9. The van der Waals surface area contributed by atoms with Crippen LogP contribution in [0.5, 0.6) is 0 Å². The molecule has 1 unspecified atom stereocenters. The molecule has 0 aromatic heterocycles. The molecule has 1 fully saturated rings. The summed E-state index contributed by atoms with van der Waals surface area (Å²) in [5.41, 5.74) is 2.23. The van der Waals surface area contributed by atoms with E-state index in [1.165, 1.54) is 19.3 Å². The lowest BCUT2D eigenvalue weighted by Gasteiger charge is -2.54. The second-order valence-electron chi connectivity index (χ2n) is 12.8. The summed E-state index contributed by atoms with van der Waals surface area (Å²) in [6.45, 7) is 20.7. The maximum atomic E-state index is 11.3. The minimum absolute atomic E-state index is 0.0645. The second kappa shape index (κ2) is 7.57. The molecule has 0 amide bonds. The molecule has 172 valence electrons.